The van der Waals surface area contributed by atoms with Crippen molar-refractivity contribution in [3.8, 4) is 0 Å². The van der Waals surface area contributed by atoms with Gasteiger partial charge in [-0.15, -0.1) is 11.6 Å². The molecule has 31 heavy (non-hydrogen) atoms. The quantitative estimate of drug-likeness (QED) is 0.675. The summed E-state index contributed by atoms with van der Waals surface area (Å²) in [6.45, 7) is 4.54. The third-order valence-corrected chi connectivity index (χ3v) is 7.45. The molecule has 2 saturated heterocycles. The van der Waals surface area contributed by atoms with Crippen molar-refractivity contribution in [1.82, 2.24) is 9.88 Å². The van der Waals surface area contributed by atoms with Crippen molar-refractivity contribution in [2.24, 2.45) is 17.1 Å². The molecule has 0 bridgehead atoms. The van der Waals surface area contributed by atoms with E-state index in [-0.39, 0.29) is 41.9 Å². The van der Waals surface area contributed by atoms with Crippen molar-refractivity contribution in [3.05, 3.63) is 33.7 Å². The van der Waals surface area contributed by atoms with Crippen LogP contribution >= 0.6 is 11.6 Å². The first-order valence-electron chi connectivity index (χ1n) is 10.7. The molecule has 2 aliphatic heterocycles. The molecule has 0 unspecified atom stereocenters. The van der Waals surface area contributed by atoms with Crippen LogP contribution in [-0.4, -0.2) is 58.2 Å². The van der Waals surface area contributed by atoms with Gasteiger partial charge in [0.1, 0.15) is 24.4 Å². The van der Waals surface area contributed by atoms with Gasteiger partial charge in [0.05, 0.1) is 11.3 Å². The Balaban J connectivity index is 1.75. The highest BCUT2D eigenvalue weighted by molar-refractivity contribution is 6.22. The topological polar surface area (TPSA) is 123 Å². The number of halogens is 1. The number of primary amides is 1. The number of aromatic nitrogens is 1. The molecule has 3 N–H and O–H groups in total. The summed E-state index contributed by atoms with van der Waals surface area (Å²) in [7, 11) is 0. The number of rotatable bonds is 4. The van der Waals surface area contributed by atoms with Gasteiger partial charge in [-0.1, -0.05) is 19.9 Å². The lowest BCUT2D eigenvalue weighted by atomic mass is 9.67. The number of H-pyrrole nitrogens is 1. The number of carbonyl (C=O) groups excluding carboxylic acids is 3. The van der Waals surface area contributed by atoms with Gasteiger partial charge in [0.25, 0.3) is 5.91 Å². The summed E-state index contributed by atoms with van der Waals surface area (Å²) in [5.41, 5.74) is 5.61. The smallest absolute Gasteiger partial charge is 0.265 e. The number of ether oxygens (including phenoxy) is 1. The number of nitrogens with two attached hydrogens (primary N) is 1. The van der Waals surface area contributed by atoms with E-state index in [0.717, 1.165) is 25.7 Å². The Bertz CT molecular complexity index is 964. The predicted octanol–water partition coefficient (Wildman–Crippen LogP) is 1.56. The van der Waals surface area contributed by atoms with Crippen LogP contribution in [0.2, 0.25) is 0 Å². The minimum atomic E-state index is -0.795. The van der Waals surface area contributed by atoms with Crippen LogP contribution in [0.1, 0.15) is 61.5 Å². The zero-order chi connectivity index (χ0) is 22.5. The first-order chi connectivity index (χ1) is 14.6. The van der Waals surface area contributed by atoms with Crippen molar-refractivity contribution >= 4 is 29.2 Å². The summed E-state index contributed by atoms with van der Waals surface area (Å²) in [5, 5.41) is -0.475. The summed E-state index contributed by atoms with van der Waals surface area (Å²) in [6.07, 6.45) is 2.93. The van der Waals surface area contributed by atoms with Crippen molar-refractivity contribution < 1.29 is 19.1 Å². The fraction of sp³-hybridized carbons (Fsp3) is 0.636. The summed E-state index contributed by atoms with van der Waals surface area (Å²) < 4.78 is 5.52. The molecular formula is C22H28ClN3O5. The lowest BCUT2D eigenvalue weighted by Gasteiger charge is -2.39. The summed E-state index contributed by atoms with van der Waals surface area (Å²) >= 11 is 6.40. The number of amides is 2. The van der Waals surface area contributed by atoms with Gasteiger partial charge in [-0.2, -0.15) is 0 Å². The molecule has 1 aromatic heterocycles. The molecule has 3 aliphatic rings. The number of nitrogens with zero attached hydrogens (tertiary/aromatic N) is 1. The highest BCUT2D eigenvalue weighted by Gasteiger charge is 2.53. The van der Waals surface area contributed by atoms with E-state index in [1.54, 1.807) is 0 Å². The van der Waals surface area contributed by atoms with Crippen LogP contribution in [0.5, 0.6) is 0 Å². The van der Waals surface area contributed by atoms with Gasteiger partial charge in [0, 0.05) is 12.6 Å². The highest BCUT2D eigenvalue weighted by atomic mass is 35.5. The van der Waals surface area contributed by atoms with Gasteiger partial charge in [-0.05, 0) is 42.6 Å². The van der Waals surface area contributed by atoms with E-state index in [0.29, 0.717) is 5.56 Å². The minimum Gasteiger partial charge on any atom is -0.366 e. The fourth-order valence-electron chi connectivity index (χ4n) is 5.29. The van der Waals surface area contributed by atoms with E-state index in [1.807, 2.05) is 0 Å². The lowest BCUT2D eigenvalue weighted by molar-refractivity contribution is -0.139. The molecule has 4 rings (SSSR count). The number of hydrogen-bond donors (Lipinski definition) is 2. The van der Waals surface area contributed by atoms with Crippen molar-refractivity contribution in [2.45, 2.75) is 63.0 Å². The second-order valence-corrected chi connectivity index (χ2v) is 10.3. The normalized spacial score (nSPS) is 29.1. The summed E-state index contributed by atoms with van der Waals surface area (Å²) in [5.74, 6) is -1.98. The van der Waals surface area contributed by atoms with Crippen LogP contribution in [0.15, 0.2) is 16.9 Å². The van der Waals surface area contributed by atoms with Crippen LogP contribution in [0, 0.1) is 11.3 Å². The molecule has 4 atom stereocenters. The first-order valence-corrected chi connectivity index (χ1v) is 11.1. The van der Waals surface area contributed by atoms with Crippen LogP contribution < -0.4 is 11.3 Å². The SMILES string of the molecule is CC1(C)CCC([C@H](C(=O)N2C[C@H](Cl)[C@H]3OCC(=O)[C@H]32)c2ccc(=O)[nH]c2C(N)=O)CC1. The molecular weight excluding hydrogens is 422 g/mol. The zero-order valence-corrected chi connectivity index (χ0v) is 18.5. The molecule has 3 fully saturated rings. The number of ketones is 1. The van der Waals surface area contributed by atoms with Crippen molar-refractivity contribution in [3.63, 3.8) is 0 Å². The number of pyridine rings is 1. The van der Waals surface area contributed by atoms with E-state index in [1.165, 1.54) is 17.0 Å². The molecule has 1 aromatic rings. The molecule has 0 radical (unpaired) electrons. The zero-order valence-electron chi connectivity index (χ0n) is 17.7. The van der Waals surface area contributed by atoms with E-state index in [2.05, 4.69) is 18.8 Å². The van der Waals surface area contributed by atoms with Gasteiger partial charge < -0.3 is 20.4 Å². The van der Waals surface area contributed by atoms with Crippen LogP contribution in [0.25, 0.3) is 0 Å². The summed E-state index contributed by atoms with van der Waals surface area (Å²) in [4.78, 5) is 54.4. The average molecular weight is 450 g/mol. The largest absolute Gasteiger partial charge is 0.366 e. The Labute approximate surface area is 185 Å². The number of nitrogens with one attached hydrogen (secondary N) is 1. The third kappa shape index (κ3) is 4.03. The maximum atomic E-state index is 13.9. The van der Waals surface area contributed by atoms with Crippen LogP contribution in [-0.2, 0) is 14.3 Å². The van der Waals surface area contributed by atoms with Gasteiger partial charge in [0.2, 0.25) is 11.5 Å². The maximum absolute atomic E-state index is 13.9. The number of fused-ring (bicyclic) bond motifs is 1. The minimum absolute atomic E-state index is 0.0465. The monoisotopic (exact) mass is 449 g/mol. The highest BCUT2D eigenvalue weighted by Crippen LogP contribution is 2.45. The van der Waals surface area contributed by atoms with Gasteiger partial charge in [-0.3, -0.25) is 19.2 Å². The molecule has 8 nitrogen and oxygen atoms in total. The van der Waals surface area contributed by atoms with E-state index >= 15 is 0 Å². The Morgan fingerprint density at radius 3 is 2.58 bits per heavy atom. The standard InChI is InChI=1S/C22H28ClN3O5/c1-22(2)7-5-11(6-8-22)16(12-3-4-15(28)25-17(12)20(24)29)21(30)26-9-13(23)19-18(26)14(27)10-31-19/h3-4,11,13,16,18-19H,5-10H2,1-2H3,(H2,24,29)(H,25,28)/t13-,16-,18+,19+/m0/s1. The number of carbonyl (C=O) groups is 3. The van der Waals surface area contributed by atoms with Crippen molar-refractivity contribution in [1.29, 1.82) is 0 Å². The second kappa shape index (κ2) is 8.06. The molecule has 9 heteroatoms. The van der Waals surface area contributed by atoms with Crippen LogP contribution in [0.4, 0.5) is 0 Å². The molecule has 2 amide bonds. The van der Waals surface area contributed by atoms with Crippen LogP contribution in [0.3, 0.4) is 0 Å². The molecule has 0 spiro atoms. The number of hydrogen-bond acceptors (Lipinski definition) is 5. The van der Waals surface area contributed by atoms with Gasteiger partial charge in [-0.25, -0.2) is 0 Å². The number of alkyl halides is 1. The Kier molecular flexibility index (Phi) is 5.72. The molecule has 1 aliphatic carbocycles. The van der Waals surface area contributed by atoms with E-state index in [4.69, 9.17) is 22.1 Å². The molecule has 168 valence electrons. The maximum Gasteiger partial charge on any atom is 0.265 e. The van der Waals surface area contributed by atoms with Gasteiger partial charge in [0.15, 0.2) is 5.78 Å². The molecule has 3 heterocycles. The fourth-order valence-corrected chi connectivity index (χ4v) is 5.65. The molecule has 1 saturated carbocycles. The van der Waals surface area contributed by atoms with E-state index < -0.39 is 34.9 Å². The number of Topliss-reactive ketones (excluding diaryl/α,β-unsaturated/α-hetero) is 1. The first kappa shape index (κ1) is 22.0. The number of aromatic amines is 1. The summed E-state index contributed by atoms with van der Waals surface area (Å²) in [6, 6.07) is 2.10. The van der Waals surface area contributed by atoms with Gasteiger partial charge >= 0.3 is 0 Å². The van der Waals surface area contributed by atoms with E-state index in [9.17, 15) is 19.2 Å². The molecule has 0 aromatic carbocycles. The second-order valence-electron chi connectivity index (χ2n) is 9.69. The Morgan fingerprint density at radius 1 is 1.26 bits per heavy atom. The predicted molar refractivity (Wildman–Crippen MR) is 114 cm³/mol. The van der Waals surface area contributed by atoms with Crippen molar-refractivity contribution in [2.75, 3.05) is 13.2 Å². The lowest BCUT2D eigenvalue weighted by Crippen LogP contribution is -2.46. The Hall–Kier alpha value is -2.19. The Morgan fingerprint density at radius 2 is 1.94 bits per heavy atom. The average Bonchev–Trinajstić information content (AvgIpc) is 3.25. The number of likely N-dealkylation sites (tertiary alicyclic amines) is 1. The third-order valence-electron chi connectivity index (χ3n) is 7.06.